The van der Waals surface area contributed by atoms with Crippen LogP contribution in [0.15, 0.2) is 35.8 Å². The van der Waals surface area contributed by atoms with Crippen LogP contribution in [-0.4, -0.2) is 28.9 Å². The maximum absolute atomic E-state index is 12.6. The Bertz CT molecular complexity index is 576. The Hall–Kier alpha value is -1.88. The van der Waals surface area contributed by atoms with Gasteiger partial charge in [-0.15, -0.1) is 11.3 Å². The van der Waals surface area contributed by atoms with E-state index >= 15 is 0 Å². The van der Waals surface area contributed by atoms with E-state index in [1.807, 2.05) is 35.5 Å². The van der Waals surface area contributed by atoms with E-state index in [9.17, 15) is 4.79 Å². The molecule has 2 heterocycles. The molecule has 2 aromatic heterocycles. The number of amides is 1. The number of carbonyl (C=O) groups is 1. The normalized spacial score (nSPS) is 14.1. The monoisotopic (exact) mass is 287 g/mol. The molecule has 5 heteroatoms. The van der Waals surface area contributed by atoms with Crippen molar-refractivity contribution in [3.05, 3.63) is 46.3 Å². The highest BCUT2D eigenvalue weighted by Crippen LogP contribution is 2.30. The zero-order chi connectivity index (χ0) is 13.9. The van der Waals surface area contributed by atoms with E-state index < -0.39 is 0 Å². The van der Waals surface area contributed by atoms with Crippen molar-refractivity contribution in [3.63, 3.8) is 0 Å². The van der Waals surface area contributed by atoms with Crippen molar-refractivity contribution < 1.29 is 4.79 Å². The maximum atomic E-state index is 12.6. The number of pyridine rings is 1. The second-order valence-electron chi connectivity index (χ2n) is 4.93. The highest BCUT2D eigenvalue weighted by atomic mass is 32.1. The average Bonchev–Trinajstić information content (AvgIpc) is 3.21. The molecule has 4 nitrogen and oxygen atoms in total. The molecule has 0 bridgehead atoms. The third-order valence-electron chi connectivity index (χ3n) is 3.42. The number of carbonyl (C=O) groups excluding carboxylic acids is 1. The zero-order valence-corrected chi connectivity index (χ0v) is 12.2. The smallest absolute Gasteiger partial charge is 0.255 e. The van der Waals surface area contributed by atoms with E-state index in [1.54, 1.807) is 17.5 Å². The van der Waals surface area contributed by atoms with E-state index in [4.69, 9.17) is 0 Å². The van der Waals surface area contributed by atoms with E-state index in [0.29, 0.717) is 18.2 Å². The fourth-order valence-corrected chi connectivity index (χ4v) is 2.86. The molecule has 1 amide bonds. The summed E-state index contributed by atoms with van der Waals surface area (Å²) in [6, 6.07) is 8.18. The molecule has 0 radical (unpaired) electrons. The molecular formula is C15H17N3OS. The molecule has 0 aliphatic heterocycles. The summed E-state index contributed by atoms with van der Waals surface area (Å²) in [6.07, 6.45) is 3.87. The van der Waals surface area contributed by atoms with Gasteiger partial charge in [0, 0.05) is 24.2 Å². The second-order valence-corrected chi connectivity index (χ2v) is 5.96. The minimum atomic E-state index is 0.0797. The molecule has 1 aliphatic rings. The lowest BCUT2D eigenvalue weighted by Gasteiger charge is -2.21. The molecule has 0 saturated heterocycles. The quantitative estimate of drug-likeness (QED) is 0.919. The van der Waals surface area contributed by atoms with E-state index in [1.165, 1.54) is 4.88 Å². The predicted molar refractivity (Wildman–Crippen MR) is 81.0 cm³/mol. The lowest BCUT2D eigenvalue weighted by Crippen LogP contribution is -2.32. The average molecular weight is 287 g/mol. The van der Waals surface area contributed by atoms with Crippen LogP contribution >= 0.6 is 11.3 Å². The summed E-state index contributed by atoms with van der Waals surface area (Å²) >= 11 is 1.70. The van der Waals surface area contributed by atoms with Gasteiger partial charge in [-0.3, -0.25) is 4.79 Å². The molecule has 104 valence electrons. The zero-order valence-electron chi connectivity index (χ0n) is 11.4. The topological polar surface area (TPSA) is 45.2 Å². The summed E-state index contributed by atoms with van der Waals surface area (Å²) in [5.41, 5.74) is 0.660. The van der Waals surface area contributed by atoms with Crippen LogP contribution < -0.4 is 5.32 Å². The fraction of sp³-hybridized carbons (Fsp3) is 0.333. The first-order chi connectivity index (χ1) is 9.78. The van der Waals surface area contributed by atoms with Crippen LogP contribution in [0.4, 0.5) is 5.82 Å². The molecule has 2 aromatic rings. The highest BCUT2D eigenvalue weighted by molar-refractivity contribution is 7.09. The van der Waals surface area contributed by atoms with Crippen molar-refractivity contribution >= 4 is 23.1 Å². The van der Waals surface area contributed by atoms with Crippen LogP contribution in [0.2, 0.25) is 0 Å². The van der Waals surface area contributed by atoms with Gasteiger partial charge in [-0.25, -0.2) is 4.98 Å². The number of aromatic nitrogens is 1. The number of anilines is 1. The molecule has 0 unspecified atom stereocenters. The van der Waals surface area contributed by atoms with Crippen molar-refractivity contribution in [1.29, 1.82) is 0 Å². The van der Waals surface area contributed by atoms with Gasteiger partial charge in [-0.05, 0) is 36.4 Å². The Morgan fingerprint density at radius 3 is 2.85 bits per heavy atom. The molecule has 1 aliphatic carbocycles. The Balaban J connectivity index is 1.77. The number of nitrogens with one attached hydrogen (secondary N) is 1. The van der Waals surface area contributed by atoms with E-state index in [2.05, 4.69) is 16.4 Å². The highest BCUT2D eigenvalue weighted by Gasteiger charge is 2.33. The minimum Gasteiger partial charge on any atom is -0.373 e. The Morgan fingerprint density at radius 2 is 2.30 bits per heavy atom. The van der Waals surface area contributed by atoms with Gasteiger partial charge < -0.3 is 10.2 Å². The number of rotatable bonds is 5. The summed E-state index contributed by atoms with van der Waals surface area (Å²) in [4.78, 5) is 20.0. The van der Waals surface area contributed by atoms with E-state index in [0.717, 1.165) is 18.7 Å². The third-order valence-corrected chi connectivity index (χ3v) is 4.28. The summed E-state index contributed by atoms with van der Waals surface area (Å²) in [5, 5.41) is 5.01. The standard InChI is InChI=1S/C15H17N3OS/c1-16-14-7-4-11(9-17-14)15(19)18(12-5-6-12)10-13-3-2-8-20-13/h2-4,7-9,12H,5-6,10H2,1H3,(H,16,17). The van der Waals surface area contributed by atoms with Crippen LogP contribution in [0.5, 0.6) is 0 Å². The van der Waals surface area contributed by atoms with Crippen molar-refractivity contribution in [2.75, 3.05) is 12.4 Å². The van der Waals surface area contributed by atoms with Crippen LogP contribution in [0, 0.1) is 0 Å². The molecule has 0 spiro atoms. The molecule has 3 rings (SSSR count). The van der Waals surface area contributed by atoms with Gasteiger partial charge >= 0.3 is 0 Å². The number of hydrogen-bond donors (Lipinski definition) is 1. The Labute approximate surface area is 122 Å². The first-order valence-electron chi connectivity index (χ1n) is 6.75. The molecule has 1 saturated carbocycles. The predicted octanol–water partition coefficient (Wildman–Crippen LogP) is 2.99. The van der Waals surface area contributed by atoms with Crippen molar-refractivity contribution in [3.8, 4) is 0 Å². The van der Waals surface area contributed by atoms with Gasteiger partial charge in [0.15, 0.2) is 0 Å². The van der Waals surface area contributed by atoms with Crippen LogP contribution in [0.1, 0.15) is 28.1 Å². The first kappa shape index (κ1) is 13.1. The molecule has 20 heavy (non-hydrogen) atoms. The summed E-state index contributed by atoms with van der Waals surface area (Å²) in [6.45, 7) is 0.703. The van der Waals surface area contributed by atoms with E-state index in [-0.39, 0.29) is 5.91 Å². The lowest BCUT2D eigenvalue weighted by atomic mass is 10.2. The number of nitrogens with zero attached hydrogens (tertiary/aromatic N) is 2. The van der Waals surface area contributed by atoms with Gasteiger partial charge in [0.05, 0.1) is 12.1 Å². The maximum Gasteiger partial charge on any atom is 0.255 e. The van der Waals surface area contributed by atoms with Gasteiger partial charge in [0.1, 0.15) is 5.82 Å². The summed E-state index contributed by atoms with van der Waals surface area (Å²) in [5.74, 6) is 0.855. The molecule has 1 fully saturated rings. The molecule has 1 N–H and O–H groups in total. The Morgan fingerprint density at radius 1 is 1.45 bits per heavy atom. The van der Waals surface area contributed by atoms with Crippen molar-refractivity contribution in [2.24, 2.45) is 0 Å². The number of hydrogen-bond acceptors (Lipinski definition) is 4. The molecule has 0 aromatic carbocycles. The Kier molecular flexibility index (Phi) is 3.69. The largest absolute Gasteiger partial charge is 0.373 e. The summed E-state index contributed by atoms with van der Waals surface area (Å²) < 4.78 is 0. The molecular weight excluding hydrogens is 270 g/mol. The SMILES string of the molecule is CNc1ccc(C(=O)N(Cc2cccs2)C2CC2)cn1. The summed E-state index contributed by atoms with van der Waals surface area (Å²) in [7, 11) is 1.82. The second kappa shape index (κ2) is 5.63. The van der Waals surface area contributed by atoms with Gasteiger partial charge in [-0.2, -0.15) is 0 Å². The first-order valence-corrected chi connectivity index (χ1v) is 7.63. The van der Waals surface area contributed by atoms with Crippen molar-refractivity contribution in [2.45, 2.75) is 25.4 Å². The van der Waals surface area contributed by atoms with Gasteiger partial charge in [-0.1, -0.05) is 6.07 Å². The van der Waals surface area contributed by atoms with Gasteiger partial charge in [0.25, 0.3) is 5.91 Å². The van der Waals surface area contributed by atoms with Crippen LogP contribution in [0.25, 0.3) is 0 Å². The minimum absolute atomic E-state index is 0.0797. The lowest BCUT2D eigenvalue weighted by molar-refractivity contribution is 0.0731. The van der Waals surface area contributed by atoms with Crippen LogP contribution in [0.3, 0.4) is 0 Å². The van der Waals surface area contributed by atoms with Crippen LogP contribution in [-0.2, 0) is 6.54 Å². The van der Waals surface area contributed by atoms with Crippen molar-refractivity contribution in [1.82, 2.24) is 9.88 Å². The number of thiophene rings is 1. The van der Waals surface area contributed by atoms with Gasteiger partial charge in [0.2, 0.25) is 0 Å². The molecule has 0 atom stereocenters. The third kappa shape index (κ3) is 2.82. The fourth-order valence-electron chi connectivity index (χ4n) is 2.16.